The minimum Gasteiger partial charge on any atom is -0.465 e. The lowest BCUT2D eigenvalue weighted by atomic mass is 10.1. The summed E-state index contributed by atoms with van der Waals surface area (Å²) in [5.41, 5.74) is 2.00. The first-order valence-corrected chi connectivity index (χ1v) is 8.27. The SMILES string of the molecule is COC(=O)c1cccc(-c2ccc(C=C3C(=O)c4ccccc4C3=O)o2)c1. The number of fused-ring (bicyclic) bond motifs is 1. The molecule has 0 saturated carbocycles. The number of methoxy groups -OCH3 is 1. The molecule has 27 heavy (non-hydrogen) atoms. The zero-order valence-corrected chi connectivity index (χ0v) is 14.4. The van der Waals surface area contributed by atoms with E-state index in [0.29, 0.717) is 33.8 Å². The molecule has 1 heterocycles. The third kappa shape index (κ3) is 2.89. The van der Waals surface area contributed by atoms with E-state index in [0.717, 1.165) is 0 Å². The number of rotatable bonds is 3. The topological polar surface area (TPSA) is 73.6 Å². The Kier molecular flexibility index (Phi) is 4.05. The number of benzene rings is 2. The van der Waals surface area contributed by atoms with Gasteiger partial charge in [-0.2, -0.15) is 0 Å². The molecule has 0 atom stereocenters. The Morgan fingerprint density at radius 3 is 2.30 bits per heavy atom. The van der Waals surface area contributed by atoms with Gasteiger partial charge in [0.25, 0.3) is 0 Å². The standard InChI is InChI=1S/C22H14O5/c1-26-22(25)14-6-4-5-13(11-14)19-10-9-15(27-19)12-18-20(23)16-7-2-3-8-17(16)21(18)24/h2-12H,1H3. The molecule has 5 nitrogen and oxygen atoms in total. The quantitative estimate of drug-likeness (QED) is 0.399. The Labute approximate surface area is 154 Å². The zero-order chi connectivity index (χ0) is 19.0. The van der Waals surface area contributed by atoms with E-state index in [4.69, 9.17) is 9.15 Å². The van der Waals surface area contributed by atoms with Gasteiger partial charge in [-0.25, -0.2) is 4.79 Å². The Morgan fingerprint density at radius 1 is 0.926 bits per heavy atom. The number of hydrogen-bond acceptors (Lipinski definition) is 5. The lowest BCUT2D eigenvalue weighted by Crippen LogP contribution is -2.00. The van der Waals surface area contributed by atoms with Crippen molar-refractivity contribution in [1.29, 1.82) is 0 Å². The maximum atomic E-state index is 12.5. The largest absolute Gasteiger partial charge is 0.465 e. The number of furan rings is 1. The third-order valence-corrected chi connectivity index (χ3v) is 4.39. The minimum absolute atomic E-state index is 0.0837. The van der Waals surface area contributed by atoms with Crippen LogP contribution in [0.1, 0.15) is 36.8 Å². The molecule has 0 radical (unpaired) electrons. The van der Waals surface area contributed by atoms with Gasteiger partial charge in [-0.3, -0.25) is 9.59 Å². The number of ether oxygens (including phenoxy) is 1. The third-order valence-electron chi connectivity index (χ3n) is 4.39. The number of carbonyl (C=O) groups excluding carboxylic acids is 3. The Balaban J connectivity index is 1.67. The first-order valence-electron chi connectivity index (χ1n) is 8.27. The van der Waals surface area contributed by atoms with Crippen molar-refractivity contribution in [2.45, 2.75) is 0 Å². The molecule has 2 aromatic carbocycles. The summed E-state index contributed by atoms with van der Waals surface area (Å²) in [6.07, 6.45) is 1.46. The highest BCUT2D eigenvalue weighted by Crippen LogP contribution is 2.29. The molecule has 3 aromatic rings. The van der Waals surface area contributed by atoms with Gasteiger partial charge in [0.15, 0.2) is 11.6 Å². The van der Waals surface area contributed by atoms with Crippen LogP contribution in [0.15, 0.2) is 70.7 Å². The van der Waals surface area contributed by atoms with E-state index in [1.54, 1.807) is 60.7 Å². The molecule has 0 amide bonds. The Morgan fingerprint density at radius 2 is 1.63 bits per heavy atom. The summed E-state index contributed by atoms with van der Waals surface area (Å²) < 4.78 is 10.5. The second-order valence-corrected chi connectivity index (χ2v) is 6.04. The average molecular weight is 358 g/mol. The second kappa shape index (κ2) is 6.53. The van der Waals surface area contributed by atoms with Gasteiger partial charge in [-0.05, 0) is 30.3 Å². The second-order valence-electron chi connectivity index (χ2n) is 6.04. The summed E-state index contributed by atoms with van der Waals surface area (Å²) >= 11 is 0. The lowest BCUT2D eigenvalue weighted by Gasteiger charge is -2.01. The summed E-state index contributed by atoms with van der Waals surface area (Å²) in [7, 11) is 1.32. The Bertz CT molecular complexity index is 1080. The maximum Gasteiger partial charge on any atom is 0.337 e. The van der Waals surface area contributed by atoms with E-state index >= 15 is 0 Å². The van der Waals surface area contributed by atoms with Crippen LogP contribution < -0.4 is 0 Å². The van der Waals surface area contributed by atoms with Crippen molar-refractivity contribution in [3.63, 3.8) is 0 Å². The molecule has 0 spiro atoms. The van der Waals surface area contributed by atoms with Crippen LogP contribution in [0.4, 0.5) is 0 Å². The van der Waals surface area contributed by atoms with Gasteiger partial charge in [0.1, 0.15) is 11.5 Å². The van der Waals surface area contributed by atoms with Crippen LogP contribution in [-0.2, 0) is 4.74 Å². The van der Waals surface area contributed by atoms with Gasteiger partial charge < -0.3 is 9.15 Å². The number of carbonyl (C=O) groups is 3. The number of hydrogen-bond donors (Lipinski definition) is 0. The van der Waals surface area contributed by atoms with Gasteiger partial charge in [0, 0.05) is 16.7 Å². The summed E-state index contributed by atoms with van der Waals surface area (Å²) in [6, 6.07) is 17.0. The van der Waals surface area contributed by atoms with E-state index in [-0.39, 0.29) is 17.1 Å². The average Bonchev–Trinajstić information content (AvgIpc) is 3.27. The molecule has 0 N–H and O–H groups in total. The van der Waals surface area contributed by atoms with Crippen LogP contribution in [0.25, 0.3) is 17.4 Å². The highest BCUT2D eigenvalue weighted by Gasteiger charge is 2.32. The smallest absolute Gasteiger partial charge is 0.337 e. The monoisotopic (exact) mass is 358 g/mol. The molecule has 4 rings (SSSR count). The van der Waals surface area contributed by atoms with Gasteiger partial charge in [-0.1, -0.05) is 36.4 Å². The fraction of sp³-hybridized carbons (Fsp3) is 0.0455. The zero-order valence-electron chi connectivity index (χ0n) is 14.4. The maximum absolute atomic E-state index is 12.5. The summed E-state index contributed by atoms with van der Waals surface area (Å²) in [5, 5.41) is 0. The van der Waals surface area contributed by atoms with Crippen molar-refractivity contribution in [3.05, 3.63) is 88.7 Å². The normalized spacial score (nSPS) is 12.9. The molecular weight excluding hydrogens is 344 g/mol. The molecule has 5 heteroatoms. The van der Waals surface area contributed by atoms with Gasteiger partial charge in [0.2, 0.25) is 0 Å². The molecule has 1 aliphatic rings. The lowest BCUT2D eigenvalue weighted by molar-refractivity contribution is 0.0600. The van der Waals surface area contributed by atoms with Crippen molar-refractivity contribution in [2.24, 2.45) is 0 Å². The van der Waals surface area contributed by atoms with Crippen LogP contribution in [0, 0.1) is 0 Å². The highest BCUT2D eigenvalue weighted by molar-refractivity contribution is 6.41. The molecular formula is C22H14O5. The van der Waals surface area contributed by atoms with Crippen LogP contribution >= 0.6 is 0 Å². The van der Waals surface area contributed by atoms with E-state index in [1.807, 2.05) is 0 Å². The predicted molar refractivity (Wildman–Crippen MR) is 98.6 cm³/mol. The first-order chi connectivity index (χ1) is 13.1. The molecule has 0 bridgehead atoms. The molecule has 0 aliphatic heterocycles. The van der Waals surface area contributed by atoms with E-state index in [1.165, 1.54) is 13.2 Å². The molecule has 132 valence electrons. The predicted octanol–water partition coefficient (Wildman–Crippen LogP) is 4.20. The van der Waals surface area contributed by atoms with Crippen LogP contribution in [0.5, 0.6) is 0 Å². The van der Waals surface area contributed by atoms with Gasteiger partial charge in [-0.15, -0.1) is 0 Å². The fourth-order valence-corrected chi connectivity index (χ4v) is 3.05. The van der Waals surface area contributed by atoms with E-state index in [9.17, 15) is 14.4 Å². The fourth-order valence-electron chi connectivity index (χ4n) is 3.05. The molecule has 1 aromatic heterocycles. The molecule has 1 aliphatic carbocycles. The van der Waals surface area contributed by atoms with Crippen molar-refractivity contribution in [1.82, 2.24) is 0 Å². The van der Waals surface area contributed by atoms with Crippen molar-refractivity contribution >= 4 is 23.6 Å². The minimum atomic E-state index is -0.439. The molecule has 0 unspecified atom stereocenters. The highest BCUT2D eigenvalue weighted by atomic mass is 16.5. The van der Waals surface area contributed by atoms with Gasteiger partial charge in [0.05, 0.1) is 18.2 Å². The van der Waals surface area contributed by atoms with Crippen molar-refractivity contribution in [2.75, 3.05) is 7.11 Å². The van der Waals surface area contributed by atoms with E-state index < -0.39 is 5.97 Å². The van der Waals surface area contributed by atoms with Crippen LogP contribution in [0.3, 0.4) is 0 Å². The summed E-state index contributed by atoms with van der Waals surface area (Å²) in [5.74, 6) is -0.144. The van der Waals surface area contributed by atoms with Crippen molar-refractivity contribution in [3.8, 4) is 11.3 Å². The number of esters is 1. The van der Waals surface area contributed by atoms with Gasteiger partial charge >= 0.3 is 5.97 Å². The number of ketones is 2. The first kappa shape index (κ1) is 16.7. The summed E-state index contributed by atoms with van der Waals surface area (Å²) in [4.78, 5) is 36.6. The molecule has 0 fully saturated rings. The number of allylic oxidation sites excluding steroid dienone is 1. The van der Waals surface area contributed by atoms with Crippen LogP contribution in [-0.4, -0.2) is 24.6 Å². The molecule has 0 saturated heterocycles. The van der Waals surface area contributed by atoms with Crippen molar-refractivity contribution < 1.29 is 23.5 Å². The Hall–Kier alpha value is -3.73. The van der Waals surface area contributed by atoms with Crippen LogP contribution in [0.2, 0.25) is 0 Å². The van der Waals surface area contributed by atoms with E-state index in [2.05, 4.69) is 0 Å². The number of Topliss-reactive ketones (excluding diaryl/α,β-unsaturated/α-hetero) is 2. The summed E-state index contributed by atoms with van der Waals surface area (Å²) in [6.45, 7) is 0.